The first-order valence-corrected chi connectivity index (χ1v) is 7.82. The van der Waals surface area contributed by atoms with Crippen molar-refractivity contribution in [2.75, 3.05) is 13.1 Å². The van der Waals surface area contributed by atoms with Gasteiger partial charge in [0.1, 0.15) is 0 Å². The number of nitrogens with one attached hydrogen (secondary N) is 1. The normalized spacial score (nSPS) is 16.1. The Morgan fingerprint density at radius 1 is 1.16 bits per heavy atom. The van der Waals surface area contributed by atoms with Crippen molar-refractivity contribution in [3.05, 3.63) is 34.9 Å². The Morgan fingerprint density at radius 3 is 2.74 bits per heavy atom. The standard InChI is InChI=1S/C17H28N2/c1-14(18)5-4-11-19-12-10-15-8-9-16-6-2-3-7-17(16)13-15/h8-9,13-14,19H,2-7,10-12,18H2,1H3. The molecule has 1 aromatic rings. The molecule has 0 radical (unpaired) electrons. The highest BCUT2D eigenvalue weighted by Crippen LogP contribution is 2.22. The van der Waals surface area contributed by atoms with Crippen LogP contribution in [-0.4, -0.2) is 19.1 Å². The summed E-state index contributed by atoms with van der Waals surface area (Å²) in [5.74, 6) is 0. The second kappa shape index (κ2) is 7.66. The van der Waals surface area contributed by atoms with E-state index in [0.717, 1.165) is 25.9 Å². The van der Waals surface area contributed by atoms with Crippen LogP contribution >= 0.6 is 0 Å². The van der Waals surface area contributed by atoms with E-state index in [9.17, 15) is 0 Å². The summed E-state index contributed by atoms with van der Waals surface area (Å²) >= 11 is 0. The van der Waals surface area contributed by atoms with Crippen molar-refractivity contribution in [2.45, 2.75) is 57.9 Å². The minimum Gasteiger partial charge on any atom is -0.328 e. The quantitative estimate of drug-likeness (QED) is 0.740. The summed E-state index contributed by atoms with van der Waals surface area (Å²) in [6, 6.07) is 7.42. The van der Waals surface area contributed by atoms with Crippen molar-refractivity contribution in [1.82, 2.24) is 5.32 Å². The van der Waals surface area contributed by atoms with Gasteiger partial charge in [0, 0.05) is 6.04 Å². The maximum absolute atomic E-state index is 5.74. The third kappa shape index (κ3) is 4.96. The predicted molar refractivity (Wildman–Crippen MR) is 82.5 cm³/mol. The molecule has 1 atom stereocenters. The molecule has 0 spiro atoms. The first-order chi connectivity index (χ1) is 9.25. The van der Waals surface area contributed by atoms with Crippen molar-refractivity contribution in [3.63, 3.8) is 0 Å². The number of nitrogens with two attached hydrogens (primary N) is 1. The largest absolute Gasteiger partial charge is 0.328 e. The van der Waals surface area contributed by atoms with Crippen molar-refractivity contribution >= 4 is 0 Å². The van der Waals surface area contributed by atoms with Crippen LogP contribution in [0.25, 0.3) is 0 Å². The molecule has 0 aliphatic heterocycles. The molecule has 19 heavy (non-hydrogen) atoms. The van der Waals surface area contributed by atoms with E-state index in [1.807, 2.05) is 0 Å². The minimum atomic E-state index is 0.336. The van der Waals surface area contributed by atoms with Gasteiger partial charge in [-0.2, -0.15) is 0 Å². The monoisotopic (exact) mass is 260 g/mol. The second-order valence-electron chi connectivity index (χ2n) is 5.93. The highest BCUT2D eigenvalue weighted by molar-refractivity contribution is 5.33. The second-order valence-corrected chi connectivity index (χ2v) is 5.93. The lowest BCUT2D eigenvalue weighted by molar-refractivity contribution is 0.575. The van der Waals surface area contributed by atoms with Crippen molar-refractivity contribution in [3.8, 4) is 0 Å². The summed E-state index contributed by atoms with van der Waals surface area (Å²) in [4.78, 5) is 0. The van der Waals surface area contributed by atoms with Crippen LogP contribution in [-0.2, 0) is 19.3 Å². The number of hydrogen-bond acceptors (Lipinski definition) is 2. The first-order valence-electron chi connectivity index (χ1n) is 7.82. The zero-order valence-electron chi connectivity index (χ0n) is 12.3. The molecule has 0 aromatic heterocycles. The molecular weight excluding hydrogens is 232 g/mol. The summed E-state index contributed by atoms with van der Waals surface area (Å²) < 4.78 is 0. The average Bonchev–Trinajstić information content (AvgIpc) is 2.42. The molecule has 2 heteroatoms. The molecular formula is C17H28N2. The Morgan fingerprint density at radius 2 is 1.95 bits per heavy atom. The maximum atomic E-state index is 5.74. The molecule has 0 amide bonds. The van der Waals surface area contributed by atoms with Gasteiger partial charge in [-0.1, -0.05) is 18.2 Å². The molecule has 1 aromatic carbocycles. The van der Waals surface area contributed by atoms with Crippen molar-refractivity contribution < 1.29 is 0 Å². The van der Waals surface area contributed by atoms with Gasteiger partial charge < -0.3 is 11.1 Å². The fourth-order valence-corrected chi connectivity index (χ4v) is 2.85. The van der Waals surface area contributed by atoms with E-state index in [1.165, 1.54) is 37.7 Å². The van der Waals surface area contributed by atoms with Gasteiger partial charge in [-0.25, -0.2) is 0 Å². The fourth-order valence-electron chi connectivity index (χ4n) is 2.85. The molecule has 0 saturated carbocycles. The van der Waals surface area contributed by atoms with Crippen LogP contribution in [0.5, 0.6) is 0 Å². The van der Waals surface area contributed by atoms with Gasteiger partial charge in [-0.05, 0) is 81.6 Å². The topological polar surface area (TPSA) is 38.0 Å². The lowest BCUT2D eigenvalue weighted by Crippen LogP contribution is -2.22. The minimum absolute atomic E-state index is 0.336. The fraction of sp³-hybridized carbons (Fsp3) is 0.647. The molecule has 2 nitrogen and oxygen atoms in total. The van der Waals surface area contributed by atoms with E-state index >= 15 is 0 Å². The van der Waals surface area contributed by atoms with Crippen LogP contribution in [0.4, 0.5) is 0 Å². The van der Waals surface area contributed by atoms with E-state index in [4.69, 9.17) is 5.73 Å². The molecule has 1 aliphatic carbocycles. The van der Waals surface area contributed by atoms with E-state index in [0.29, 0.717) is 6.04 Å². The maximum Gasteiger partial charge on any atom is 0.00109 e. The Balaban J connectivity index is 1.68. The Hall–Kier alpha value is -0.860. The van der Waals surface area contributed by atoms with E-state index in [1.54, 1.807) is 11.1 Å². The number of rotatable bonds is 7. The van der Waals surface area contributed by atoms with Gasteiger partial charge in [0.15, 0.2) is 0 Å². The summed E-state index contributed by atoms with van der Waals surface area (Å²) in [6.45, 7) is 4.25. The van der Waals surface area contributed by atoms with Crippen LogP contribution in [0, 0.1) is 0 Å². The molecule has 1 unspecified atom stereocenters. The third-order valence-electron chi connectivity index (χ3n) is 4.02. The average molecular weight is 260 g/mol. The molecule has 106 valence electrons. The summed E-state index contributed by atoms with van der Waals surface area (Å²) in [7, 11) is 0. The van der Waals surface area contributed by atoms with Gasteiger partial charge in [-0.15, -0.1) is 0 Å². The van der Waals surface area contributed by atoms with E-state index in [-0.39, 0.29) is 0 Å². The summed E-state index contributed by atoms with van der Waals surface area (Å²) in [5.41, 5.74) is 10.4. The SMILES string of the molecule is CC(N)CCCNCCc1ccc2c(c1)CCCC2. The lowest BCUT2D eigenvalue weighted by Gasteiger charge is -2.16. The lowest BCUT2D eigenvalue weighted by atomic mass is 9.90. The molecule has 0 fully saturated rings. The highest BCUT2D eigenvalue weighted by Gasteiger charge is 2.09. The molecule has 0 saturated heterocycles. The van der Waals surface area contributed by atoms with Crippen LogP contribution < -0.4 is 11.1 Å². The van der Waals surface area contributed by atoms with Gasteiger partial charge in [-0.3, -0.25) is 0 Å². The summed E-state index contributed by atoms with van der Waals surface area (Å²) in [6.07, 6.45) is 8.74. The molecule has 3 N–H and O–H groups in total. The highest BCUT2D eigenvalue weighted by atomic mass is 14.8. The van der Waals surface area contributed by atoms with Crippen LogP contribution in [0.3, 0.4) is 0 Å². The van der Waals surface area contributed by atoms with Gasteiger partial charge in [0.25, 0.3) is 0 Å². The third-order valence-corrected chi connectivity index (χ3v) is 4.02. The van der Waals surface area contributed by atoms with Crippen LogP contribution in [0.1, 0.15) is 49.3 Å². The van der Waals surface area contributed by atoms with Crippen molar-refractivity contribution in [2.24, 2.45) is 5.73 Å². The van der Waals surface area contributed by atoms with E-state index < -0.39 is 0 Å². The number of fused-ring (bicyclic) bond motifs is 1. The molecule has 1 aliphatic rings. The Bertz CT molecular complexity index is 385. The first kappa shape index (κ1) is 14.5. The van der Waals surface area contributed by atoms with Gasteiger partial charge in [0.2, 0.25) is 0 Å². The van der Waals surface area contributed by atoms with Crippen LogP contribution in [0.15, 0.2) is 18.2 Å². The Labute approximate surface area is 117 Å². The Kier molecular flexibility index (Phi) is 5.87. The van der Waals surface area contributed by atoms with Gasteiger partial charge >= 0.3 is 0 Å². The number of hydrogen-bond donors (Lipinski definition) is 2. The molecule has 0 heterocycles. The smallest absolute Gasteiger partial charge is 0.00109 e. The molecule has 0 bridgehead atoms. The van der Waals surface area contributed by atoms with E-state index in [2.05, 4.69) is 30.4 Å². The summed E-state index contributed by atoms with van der Waals surface area (Å²) in [5, 5.41) is 3.51. The zero-order valence-corrected chi connectivity index (χ0v) is 12.3. The number of benzene rings is 1. The van der Waals surface area contributed by atoms with Crippen LogP contribution in [0.2, 0.25) is 0 Å². The number of aryl methyl sites for hydroxylation is 2. The van der Waals surface area contributed by atoms with Crippen molar-refractivity contribution in [1.29, 1.82) is 0 Å². The predicted octanol–water partition coefficient (Wildman–Crippen LogP) is 2.82. The zero-order chi connectivity index (χ0) is 13.5. The van der Waals surface area contributed by atoms with Gasteiger partial charge in [0.05, 0.1) is 0 Å². The molecule has 2 rings (SSSR count).